The first-order valence-electron chi connectivity index (χ1n) is 8.54. The van der Waals surface area contributed by atoms with Crippen molar-refractivity contribution in [3.05, 3.63) is 64.7 Å². The Labute approximate surface area is 148 Å². The third-order valence-corrected chi connectivity index (χ3v) is 4.74. The first-order valence-corrected chi connectivity index (χ1v) is 8.54. The molecule has 4 nitrogen and oxygen atoms in total. The lowest BCUT2D eigenvalue weighted by molar-refractivity contribution is -0.139. The zero-order valence-corrected chi connectivity index (χ0v) is 14.9. The quantitative estimate of drug-likeness (QED) is 0.633. The summed E-state index contributed by atoms with van der Waals surface area (Å²) in [5.41, 5.74) is 4.49. The number of ether oxygens (including phenoxy) is 1. The van der Waals surface area contributed by atoms with Gasteiger partial charge < -0.3 is 9.64 Å². The lowest BCUT2D eigenvalue weighted by Crippen LogP contribution is -2.27. The van der Waals surface area contributed by atoms with Gasteiger partial charge in [-0.05, 0) is 49.6 Å². The van der Waals surface area contributed by atoms with Crippen LogP contribution in [-0.2, 0) is 16.1 Å². The van der Waals surface area contributed by atoms with Gasteiger partial charge in [0, 0.05) is 19.5 Å². The molecule has 0 N–H and O–H groups in total. The van der Waals surface area contributed by atoms with E-state index in [9.17, 15) is 9.59 Å². The molecule has 2 aromatic rings. The predicted molar refractivity (Wildman–Crippen MR) is 96.3 cm³/mol. The van der Waals surface area contributed by atoms with Gasteiger partial charge in [0.25, 0.3) is 0 Å². The second kappa shape index (κ2) is 7.09. The number of nitrogens with zero attached hydrogens (tertiary/aromatic N) is 1. The predicted octanol–water partition coefficient (Wildman–Crippen LogP) is 3.57. The fraction of sp³-hybridized carbons (Fsp3) is 0.333. The molecular weight excluding hydrogens is 314 g/mol. The van der Waals surface area contributed by atoms with Crippen LogP contribution in [0.5, 0.6) is 5.75 Å². The van der Waals surface area contributed by atoms with Crippen molar-refractivity contribution in [3.8, 4) is 5.75 Å². The van der Waals surface area contributed by atoms with E-state index in [2.05, 4.69) is 0 Å². The molecule has 1 atom stereocenters. The van der Waals surface area contributed by atoms with Crippen LogP contribution >= 0.6 is 0 Å². The number of carbonyl (C=O) groups excluding carboxylic acids is 2. The van der Waals surface area contributed by atoms with Crippen LogP contribution in [0.1, 0.15) is 28.7 Å². The van der Waals surface area contributed by atoms with Gasteiger partial charge in [-0.2, -0.15) is 0 Å². The van der Waals surface area contributed by atoms with Crippen molar-refractivity contribution in [3.63, 3.8) is 0 Å². The SMILES string of the molecule is Cc1ccc(CN2C[C@@H](C(=O)Oc3ccc(C)c(C)c3)CC2=O)cc1. The van der Waals surface area contributed by atoms with Gasteiger partial charge in [-0.25, -0.2) is 0 Å². The maximum atomic E-state index is 12.4. The number of rotatable bonds is 4. The van der Waals surface area contributed by atoms with Crippen molar-refractivity contribution in [2.45, 2.75) is 33.7 Å². The molecule has 0 aliphatic carbocycles. The number of likely N-dealkylation sites (tertiary alicyclic amines) is 1. The highest BCUT2D eigenvalue weighted by molar-refractivity contribution is 5.87. The molecule has 0 radical (unpaired) electrons. The maximum Gasteiger partial charge on any atom is 0.316 e. The molecule has 3 rings (SSSR count). The summed E-state index contributed by atoms with van der Waals surface area (Å²) >= 11 is 0. The Bertz CT molecular complexity index is 795. The van der Waals surface area contributed by atoms with Crippen LogP contribution in [-0.4, -0.2) is 23.3 Å². The van der Waals surface area contributed by atoms with Crippen molar-refractivity contribution in [2.75, 3.05) is 6.54 Å². The molecule has 1 saturated heterocycles. The lowest BCUT2D eigenvalue weighted by Gasteiger charge is -2.16. The summed E-state index contributed by atoms with van der Waals surface area (Å²) in [5, 5.41) is 0. The van der Waals surface area contributed by atoms with Gasteiger partial charge in [0.15, 0.2) is 0 Å². The molecule has 1 amide bonds. The first-order chi connectivity index (χ1) is 11.9. The minimum Gasteiger partial charge on any atom is -0.426 e. The minimum atomic E-state index is -0.403. The van der Waals surface area contributed by atoms with Gasteiger partial charge >= 0.3 is 5.97 Å². The Morgan fingerprint density at radius 3 is 2.48 bits per heavy atom. The van der Waals surface area contributed by atoms with E-state index in [1.54, 1.807) is 11.0 Å². The molecule has 130 valence electrons. The smallest absolute Gasteiger partial charge is 0.316 e. The van der Waals surface area contributed by atoms with E-state index < -0.39 is 5.92 Å². The lowest BCUT2D eigenvalue weighted by atomic mass is 10.1. The first kappa shape index (κ1) is 17.2. The Morgan fingerprint density at radius 2 is 1.80 bits per heavy atom. The average molecular weight is 337 g/mol. The summed E-state index contributed by atoms with van der Waals surface area (Å²) < 4.78 is 5.48. The molecule has 2 aromatic carbocycles. The molecular formula is C21H23NO3. The van der Waals surface area contributed by atoms with Crippen LogP contribution in [0.2, 0.25) is 0 Å². The van der Waals surface area contributed by atoms with Crippen LogP contribution < -0.4 is 4.74 Å². The number of esters is 1. The minimum absolute atomic E-state index is 0.00242. The zero-order chi connectivity index (χ0) is 18.0. The van der Waals surface area contributed by atoms with Crippen LogP contribution in [0.4, 0.5) is 0 Å². The molecule has 1 aliphatic heterocycles. The summed E-state index contributed by atoms with van der Waals surface area (Å²) in [5.74, 6) is -0.192. The number of benzene rings is 2. The molecule has 0 unspecified atom stereocenters. The van der Waals surface area contributed by atoms with E-state index >= 15 is 0 Å². The van der Waals surface area contributed by atoms with E-state index in [0.717, 1.165) is 16.7 Å². The molecule has 0 spiro atoms. The molecule has 0 saturated carbocycles. The van der Waals surface area contributed by atoms with Gasteiger partial charge in [-0.3, -0.25) is 9.59 Å². The van der Waals surface area contributed by atoms with Crippen molar-refractivity contribution in [1.29, 1.82) is 0 Å². The monoisotopic (exact) mass is 337 g/mol. The van der Waals surface area contributed by atoms with Gasteiger partial charge in [0.1, 0.15) is 5.75 Å². The van der Waals surface area contributed by atoms with Crippen molar-refractivity contribution < 1.29 is 14.3 Å². The van der Waals surface area contributed by atoms with Gasteiger partial charge in [-0.1, -0.05) is 35.9 Å². The highest BCUT2D eigenvalue weighted by atomic mass is 16.5. The van der Waals surface area contributed by atoms with E-state index in [-0.39, 0.29) is 18.3 Å². The van der Waals surface area contributed by atoms with Crippen LogP contribution in [0, 0.1) is 26.7 Å². The van der Waals surface area contributed by atoms with E-state index in [0.29, 0.717) is 18.8 Å². The Kier molecular flexibility index (Phi) is 4.88. The van der Waals surface area contributed by atoms with Gasteiger partial charge in [0.05, 0.1) is 5.92 Å². The Hall–Kier alpha value is -2.62. The average Bonchev–Trinajstić information content (AvgIpc) is 2.94. The summed E-state index contributed by atoms with van der Waals surface area (Å²) in [6, 6.07) is 13.7. The fourth-order valence-corrected chi connectivity index (χ4v) is 2.97. The maximum absolute atomic E-state index is 12.4. The zero-order valence-electron chi connectivity index (χ0n) is 14.9. The molecule has 4 heteroatoms. The molecule has 1 aliphatic rings. The van der Waals surface area contributed by atoms with Gasteiger partial charge in [0.2, 0.25) is 5.91 Å². The van der Waals surface area contributed by atoms with Crippen molar-refractivity contribution in [2.24, 2.45) is 5.92 Å². The second-order valence-corrected chi connectivity index (χ2v) is 6.83. The Balaban J connectivity index is 1.62. The van der Waals surface area contributed by atoms with Crippen LogP contribution in [0.3, 0.4) is 0 Å². The standard InChI is InChI=1S/C21H23NO3/c1-14-4-7-17(8-5-14)12-22-13-18(11-20(22)23)21(24)25-19-9-6-15(2)16(3)10-19/h4-10,18H,11-13H2,1-3H3/t18-/m0/s1. The normalized spacial score (nSPS) is 17.0. The summed E-state index contributed by atoms with van der Waals surface area (Å²) in [6.45, 7) is 6.97. The van der Waals surface area contributed by atoms with E-state index in [1.165, 1.54) is 5.56 Å². The molecule has 0 aromatic heterocycles. The number of hydrogen-bond donors (Lipinski definition) is 0. The molecule has 0 bridgehead atoms. The third kappa shape index (κ3) is 4.08. The summed E-state index contributed by atoms with van der Waals surface area (Å²) in [7, 11) is 0. The topological polar surface area (TPSA) is 46.6 Å². The van der Waals surface area contributed by atoms with E-state index in [1.807, 2.05) is 57.2 Å². The van der Waals surface area contributed by atoms with Gasteiger partial charge in [-0.15, -0.1) is 0 Å². The number of hydrogen-bond acceptors (Lipinski definition) is 3. The number of aryl methyl sites for hydroxylation is 3. The highest BCUT2D eigenvalue weighted by Crippen LogP contribution is 2.24. The van der Waals surface area contributed by atoms with Crippen LogP contribution in [0.25, 0.3) is 0 Å². The van der Waals surface area contributed by atoms with Crippen molar-refractivity contribution >= 4 is 11.9 Å². The second-order valence-electron chi connectivity index (χ2n) is 6.83. The highest BCUT2D eigenvalue weighted by Gasteiger charge is 2.35. The molecule has 1 heterocycles. The van der Waals surface area contributed by atoms with E-state index in [4.69, 9.17) is 4.74 Å². The number of carbonyl (C=O) groups is 2. The summed E-state index contributed by atoms with van der Waals surface area (Å²) in [4.78, 5) is 26.4. The Morgan fingerprint density at radius 1 is 1.08 bits per heavy atom. The summed E-state index contributed by atoms with van der Waals surface area (Å²) in [6.07, 6.45) is 0.218. The fourth-order valence-electron chi connectivity index (χ4n) is 2.97. The largest absolute Gasteiger partial charge is 0.426 e. The molecule has 25 heavy (non-hydrogen) atoms. The van der Waals surface area contributed by atoms with Crippen molar-refractivity contribution in [1.82, 2.24) is 4.90 Å². The number of amides is 1. The van der Waals surface area contributed by atoms with Crippen LogP contribution in [0.15, 0.2) is 42.5 Å². The molecule has 1 fully saturated rings. The third-order valence-electron chi connectivity index (χ3n) is 4.74.